The molecule has 7 heteroatoms. The Hall–Kier alpha value is -1.34. The Balaban J connectivity index is 2.49. The van der Waals surface area contributed by atoms with Crippen LogP contribution in [0.25, 0.3) is 0 Å². The number of methoxy groups -OCH3 is 1. The van der Waals surface area contributed by atoms with Gasteiger partial charge >= 0.3 is 0 Å². The predicted octanol–water partition coefficient (Wildman–Crippen LogP) is 0.898. The molecule has 0 radical (unpaired) electrons. The molecule has 2 atom stereocenters. The Bertz CT molecular complexity index is 411. The van der Waals surface area contributed by atoms with Crippen molar-refractivity contribution in [1.82, 2.24) is 16.0 Å². The summed E-state index contributed by atoms with van der Waals surface area (Å²) in [6.45, 7) is 8.42. The third-order valence-electron chi connectivity index (χ3n) is 5.05. The number of guanidine groups is 1. The smallest absolute Gasteiger partial charge is 0.239 e. The molecule has 0 aliphatic heterocycles. The van der Waals surface area contributed by atoms with Crippen LogP contribution in [-0.4, -0.2) is 64.5 Å². The van der Waals surface area contributed by atoms with Gasteiger partial charge in [0.1, 0.15) is 0 Å². The lowest BCUT2D eigenvalue weighted by atomic mass is 9.58. The molecular weight excluding hydrogens is 308 g/mol. The summed E-state index contributed by atoms with van der Waals surface area (Å²) in [5.74, 6) is 0.580. The minimum atomic E-state index is -0.0759. The van der Waals surface area contributed by atoms with E-state index in [1.165, 1.54) is 0 Å². The SMILES string of the molecule is CCOC1CC(NC(=NC)NCC(=O)NCCOC)C1(CC)CC. The first-order chi connectivity index (χ1) is 11.6. The van der Waals surface area contributed by atoms with Crippen LogP contribution in [0.2, 0.25) is 0 Å². The predicted molar refractivity (Wildman–Crippen MR) is 96.2 cm³/mol. The molecule has 1 amide bonds. The van der Waals surface area contributed by atoms with E-state index < -0.39 is 0 Å². The van der Waals surface area contributed by atoms with Crippen molar-refractivity contribution < 1.29 is 14.3 Å². The highest BCUT2D eigenvalue weighted by Crippen LogP contribution is 2.48. The van der Waals surface area contributed by atoms with Gasteiger partial charge in [-0.05, 0) is 26.2 Å². The Morgan fingerprint density at radius 1 is 1.25 bits per heavy atom. The summed E-state index contributed by atoms with van der Waals surface area (Å²) in [7, 11) is 3.33. The van der Waals surface area contributed by atoms with Crippen LogP contribution in [0, 0.1) is 5.41 Å². The van der Waals surface area contributed by atoms with Gasteiger partial charge in [-0.15, -0.1) is 0 Å². The van der Waals surface area contributed by atoms with Gasteiger partial charge in [0.2, 0.25) is 5.91 Å². The van der Waals surface area contributed by atoms with Crippen molar-refractivity contribution in [2.45, 2.75) is 52.2 Å². The fraction of sp³-hybridized carbons (Fsp3) is 0.882. The van der Waals surface area contributed by atoms with Gasteiger partial charge in [0.15, 0.2) is 5.96 Å². The molecular formula is C17H34N4O3. The highest BCUT2D eigenvalue weighted by atomic mass is 16.5. The minimum Gasteiger partial charge on any atom is -0.383 e. The van der Waals surface area contributed by atoms with E-state index in [0.717, 1.165) is 25.9 Å². The fourth-order valence-electron chi connectivity index (χ4n) is 3.46. The normalized spacial score (nSPS) is 22.6. The number of aliphatic imine (C=N–C) groups is 1. The van der Waals surface area contributed by atoms with E-state index in [2.05, 4.69) is 34.8 Å². The molecule has 140 valence electrons. The van der Waals surface area contributed by atoms with E-state index in [1.54, 1.807) is 14.2 Å². The number of ether oxygens (including phenoxy) is 2. The zero-order chi connectivity index (χ0) is 18.0. The number of nitrogens with zero attached hydrogens (tertiary/aromatic N) is 1. The van der Waals surface area contributed by atoms with Crippen LogP contribution in [-0.2, 0) is 14.3 Å². The first-order valence-electron chi connectivity index (χ1n) is 8.92. The number of hydrogen-bond donors (Lipinski definition) is 3. The van der Waals surface area contributed by atoms with Crippen LogP contribution >= 0.6 is 0 Å². The number of carbonyl (C=O) groups is 1. The summed E-state index contributed by atoms with van der Waals surface area (Å²) in [5, 5.41) is 9.31. The number of amides is 1. The maximum absolute atomic E-state index is 11.8. The summed E-state index contributed by atoms with van der Waals surface area (Å²) in [6.07, 6.45) is 3.38. The van der Waals surface area contributed by atoms with Gasteiger partial charge < -0.3 is 25.4 Å². The topological polar surface area (TPSA) is 84.0 Å². The lowest BCUT2D eigenvalue weighted by Crippen LogP contribution is -2.65. The summed E-state index contributed by atoms with van der Waals surface area (Å²) < 4.78 is 10.8. The highest BCUT2D eigenvalue weighted by molar-refractivity contribution is 5.86. The van der Waals surface area contributed by atoms with Crippen LogP contribution < -0.4 is 16.0 Å². The van der Waals surface area contributed by atoms with Crippen molar-refractivity contribution in [3.8, 4) is 0 Å². The molecule has 7 nitrogen and oxygen atoms in total. The molecule has 0 spiro atoms. The van der Waals surface area contributed by atoms with Crippen LogP contribution in [0.1, 0.15) is 40.0 Å². The van der Waals surface area contributed by atoms with Crippen LogP contribution in [0.15, 0.2) is 4.99 Å². The van der Waals surface area contributed by atoms with E-state index in [-0.39, 0.29) is 17.9 Å². The van der Waals surface area contributed by atoms with Gasteiger partial charge in [-0.1, -0.05) is 13.8 Å². The van der Waals surface area contributed by atoms with Crippen molar-refractivity contribution in [2.75, 3.05) is 40.5 Å². The maximum atomic E-state index is 11.8. The summed E-state index contributed by atoms with van der Waals surface area (Å²) in [6, 6.07) is 0.312. The molecule has 0 saturated heterocycles. The largest absolute Gasteiger partial charge is 0.383 e. The Labute approximate surface area is 146 Å². The molecule has 2 unspecified atom stereocenters. The number of hydrogen-bond acceptors (Lipinski definition) is 4. The molecule has 1 rings (SSSR count). The third-order valence-corrected chi connectivity index (χ3v) is 5.05. The Morgan fingerprint density at radius 2 is 1.96 bits per heavy atom. The highest BCUT2D eigenvalue weighted by Gasteiger charge is 2.53. The second-order valence-corrected chi connectivity index (χ2v) is 6.09. The molecule has 1 fully saturated rings. The summed E-state index contributed by atoms with van der Waals surface area (Å²) in [5.41, 5.74) is 0.133. The average molecular weight is 342 g/mol. The van der Waals surface area contributed by atoms with Gasteiger partial charge in [0, 0.05) is 38.8 Å². The van der Waals surface area contributed by atoms with Gasteiger partial charge in [-0.3, -0.25) is 9.79 Å². The third kappa shape index (κ3) is 5.08. The zero-order valence-electron chi connectivity index (χ0n) is 15.8. The van der Waals surface area contributed by atoms with Crippen molar-refractivity contribution >= 4 is 11.9 Å². The van der Waals surface area contributed by atoms with Crippen molar-refractivity contribution in [1.29, 1.82) is 0 Å². The summed E-state index contributed by atoms with van der Waals surface area (Å²) >= 11 is 0. The number of rotatable bonds is 10. The molecule has 0 aromatic rings. The van der Waals surface area contributed by atoms with Gasteiger partial charge in [-0.2, -0.15) is 0 Å². The number of carbonyl (C=O) groups excluding carboxylic acids is 1. The second-order valence-electron chi connectivity index (χ2n) is 6.09. The van der Waals surface area contributed by atoms with E-state index >= 15 is 0 Å². The molecule has 1 saturated carbocycles. The van der Waals surface area contributed by atoms with E-state index in [9.17, 15) is 4.79 Å². The number of nitrogens with one attached hydrogen (secondary N) is 3. The van der Waals surface area contributed by atoms with Crippen LogP contribution in [0.5, 0.6) is 0 Å². The first-order valence-corrected chi connectivity index (χ1v) is 8.92. The summed E-state index contributed by atoms with van der Waals surface area (Å²) in [4.78, 5) is 16.0. The van der Waals surface area contributed by atoms with Gasteiger partial charge in [0.05, 0.1) is 19.3 Å². The average Bonchev–Trinajstić information content (AvgIpc) is 2.58. The molecule has 3 N–H and O–H groups in total. The Kier molecular flexibility index (Phi) is 9.07. The second kappa shape index (κ2) is 10.5. The zero-order valence-corrected chi connectivity index (χ0v) is 15.8. The molecule has 0 aromatic heterocycles. The first kappa shape index (κ1) is 20.7. The van der Waals surface area contributed by atoms with Crippen LogP contribution in [0.3, 0.4) is 0 Å². The quantitative estimate of drug-likeness (QED) is 0.312. The molecule has 1 aliphatic rings. The molecule has 0 aromatic carbocycles. The van der Waals surface area contributed by atoms with E-state index in [0.29, 0.717) is 31.3 Å². The van der Waals surface area contributed by atoms with Crippen molar-refractivity contribution in [3.05, 3.63) is 0 Å². The van der Waals surface area contributed by atoms with Crippen molar-refractivity contribution in [3.63, 3.8) is 0 Å². The molecule has 0 bridgehead atoms. The monoisotopic (exact) mass is 342 g/mol. The van der Waals surface area contributed by atoms with E-state index in [4.69, 9.17) is 9.47 Å². The molecule has 24 heavy (non-hydrogen) atoms. The van der Waals surface area contributed by atoms with Gasteiger partial charge in [-0.25, -0.2) is 0 Å². The van der Waals surface area contributed by atoms with Gasteiger partial charge in [0.25, 0.3) is 0 Å². The molecule has 0 heterocycles. The minimum absolute atomic E-state index is 0.0759. The lowest BCUT2D eigenvalue weighted by molar-refractivity contribution is -0.133. The van der Waals surface area contributed by atoms with Crippen LogP contribution in [0.4, 0.5) is 0 Å². The standard InChI is InChI=1S/C17H34N4O3/c1-6-17(7-2)13(11-14(17)24-8-3)21-16(18-4)20-12-15(22)19-9-10-23-5/h13-14H,6-12H2,1-5H3,(H,19,22)(H2,18,20,21). The fourth-order valence-corrected chi connectivity index (χ4v) is 3.46. The maximum Gasteiger partial charge on any atom is 0.239 e. The Morgan fingerprint density at radius 3 is 2.50 bits per heavy atom. The van der Waals surface area contributed by atoms with E-state index in [1.807, 2.05) is 6.92 Å². The van der Waals surface area contributed by atoms with Crippen molar-refractivity contribution in [2.24, 2.45) is 10.4 Å². The molecule has 1 aliphatic carbocycles. The lowest BCUT2D eigenvalue weighted by Gasteiger charge is -2.55.